The highest BCUT2D eigenvalue weighted by Crippen LogP contribution is 2.22. The lowest BCUT2D eigenvalue weighted by molar-refractivity contribution is 0.0669. The van der Waals surface area contributed by atoms with Crippen LogP contribution in [-0.2, 0) is 4.74 Å². The number of hydrogen-bond donors (Lipinski definition) is 1. The van der Waals surface area contributed by atoms with E-state index in [1.807, 2.05) is 0 Å². The molecule has 1 aromatic rings. The molecule has 1 aromatic heterocycles. The second kappa shape index (κ2) is 5.07. The average molecular weight is 207 g/mol. The normalized spacial score (nSPS) is 26.2. The number of hydrogen-bond acceptors (Lipinski definition) is 4. The first-order valence-corrected chi connectivity index (χ1v) is 5.44. The zero-order valence-electron chi connectivity index (χ0n) is 9.02. The van der Waals surface area contributed by atoms with Crippen LogP contribution in [0.15, 0.2) is 18.6 Å². The highest BCUT2D eigenvalue weighted by atomic mass is 16.5. The lowest BCUT2D eigenvalue weighted by Gasteiger charge is -2.28. The van der Waals surface area contributed by atoms with Gasteiger partial charge < -0.3 is 10.1 Å². The van der Waals surface area contributed by atoms with E-state index >= 15 is 0 Å². The van der Waals surface area contributed by atoms with E-state index in [0.29, 0.717) is 12.1 Å². The molecule has 1 aliphatic rings. The van der Waals surface area contributed by atoms with Crippen molar-refractivity contribution in [2.75, 3.05) is 12.4 Å². The predicted molar refractivity (Wildman–Crippen MR) is 58.7 cm³/mol. The van der Waals surface area contributed by atoms with Crippen molar-refractivity contribution in [3.8, 4) is 0 Å². The molecule has 1 fully saturated rings. The van der Waals surface area contributed by atoms with Gasteiger partial charge in [-0.05, 0) is 25.7 Å². The first-order chi connectivity index (χ1) is 7.38. The van der Waals surface area contributed by atoms with Crippen molar-refractivity contribution in [1.82, 2.24) is 9.97 Å². The number of ether oxygens (including phenoxy) is 1. The molecule has 1 saturated carbocycles. The van der Waals surface area contributed by atoms with Gasteiger partial charge in [-0.15, -0.1) is 0 Å². The highest BCUT2D eigenvalue weighted by Gasteiger charge is 2.21. The van der Waals surface area contributed by atoms with Gasteiger partial charge in [0.1, 0.15) is 5.82 Å². The Bertz CT molecular complexity index is 291. The monoisotopic (exact) mass is 207 g/mol. The summed E-state index contributed by atoms with van der Waals surface area (Å²) in [4.78, 5) is 8.24. The van der Waals surface area contributed by atoms with Crippen LogP contribution in [0.1, 0.15) is 25.7 Å². The van der Waals surface area contributed by atoms with Crippen molar-refractivity contribution in [2.45, 2.75) is 37.8 Å². The second-order valence-corrected chi connectivity index (χ2v) is 3.96. The summed E-state index contributed by atoms with van der Waals surface area (Å²) in [6.07, 6.45) is 10.2. The smallest absolute Gasteiger partial charge is 0.144 e. The van der Waals surface area contributed by atoms with Gasteiger partial charge in [-0.25, -0.2) is 4.98 Å². The summed E-state index contributed by atoms with van der Waals surface area (Å²) in [5.41, 5.74) is 0. The molecule has 0 spiro atoms. The standard InChI is InChI=1S/C11H17N3O/c1-15-10-4-2-3-9(7-10)14-11-8-12-5-6-13-11/h5-6,8-10H,2-4,7H2,1H3,(H,13,14). The van der Waals surface area contributed by atoms with E-state index in [4.69, 9.17) is 4.74 Å². The number of anilines is 1. The summed E-state index contributed by atoms with van der Waals surface area (Å²) >= 11 is 0. The quantitative estimate of drug-likeness (QED) is 0.821. The van der Waals surface area contributed by atoms with E-state index in [0.717, 1.165) is 12.2 Å². The molecule has 2 atom stereocenters. The van der Waals surface area contributed by atoms with Crippen LogP contribution in [0, 0.1) is 0 Å². The van der Waals surface area contributed by atoms with Crippen LogP contribution in [0.25, 0.3) is 0 Å². The lowest BCUT2D eigenvalue weighted by atomic mass is 9.93. The van der Waals surface area contributed by atoms with Crippen LogP contribution in [0.4, 0.5) is 5.82 Å². The van der Waals surface area contributed by atoms with Crippen molar-refractivity contribution < 1.29 is 4.74 Å². The van der Waals surface area contributed by atoms with Gasteiger partial charge in [-0.2, -0.15) is 0 Å². The molecule has 2 unspecified atom stereocenters. The number of methoxy groups -OCH3 is 1. The minimum absolute atomic E-state index is 0.396. The Morgan fingerprint density at radius 1 is 1.40 bits per heavy atom. The fourth-order valence-corrected chi connectivity index (χ4v) is 2.07. The zero-order chi connectivity index (χ0) is 10.5. The van der Waals surface area contributed by atoms with Crippen LogP contribution < -0.4 is 5.32 Å². The van der Waals surface area contributed by atoms with Gasteiger partial charge in [0.05, 0.1) is 12.3 Å². The maximum absolute atomic E-state index is 5.38. The number of aromatic nitrogens is 2. The Balaban J connectivity index is 1.89. The number of rotatable bonds is 3. The molecule has 0 amide bonds. The molecule has 0 radical (unpaired) electrons. The van der Waals surface area contributed by atoms with Crippen molar-refractivity contribution in [1.29, 1.82) is 0 Å². The Morgan fingerprint density at radius 2 is 2.33 bits per heavy atom. The van der Waals surface area contributed by atoms with Gasteiger partial charge in [-0.1, -0.05) is 0 Å². The topological polar surface area (TPSA) is 47.0 Å². The van der Waals surface area contributed by atoms with Crippen molar-refractivity contribution in [3.05, 3.63) is 18.6 Å². The maximum atomic E-state index is 5.38. The minimum atomic E-state index is 0.396. The Kier molecular flexibility index (Phi) is 3.50. The number of nitrogens with one attached hydrogen (secondary N) is 1. The van der Waals surface area contributed by atoms with Crippen LogP contribution in [0.3, 0.4) is 0 Å². The summed E-state index contributed by atoms with van der Waals surface area (Å²) in [5, 5.41) is 3.39. The molecule has 0 aromatic carbocycles. The third-order valence-electron chi connectivity index (χ3n) is 2.87. The van der Waals surface area contributed by atoms with Crippen molar-refractivity contribution in [2.24, 2.45) is 0 Å². The fraction of sp³-hybridized carbons (Fsp3) is 0.636. The van der Waals surface area contributed by atoms with Gasteiger partial charge in [-0.3, -0.25) is 4.98 Å². The SMILES string of the molecule is COC1CCCC(Nc2cnccn2)C1. The Hall–Kier alpha value is -1.16. The van der Waals surface area contributed by atoms with E-state index in [2.05, 4.69) is 15.3 Å². The second-order valence-electron chi connectivity index (χ2n) is 3.96. The largest absolute Gasteiger partial charge is 0.381 e. The molecule has 0 aliphatic heterocycles. The third kappa shape index (κ3) is 2.89. The molecule has 4 heteroatoms. The molecular weight excluding hydrogens is 190 g/mol. The molecule has 1 aliphatic carbocycles. The van der Waals surface area contributed by atoms with Gasteiger partial charge >= 0.3 is 0 Å². The van der Waals surface area contributed by atoms with E-state index in [1.54, 1.807) is 25.7 Å². The molecule has 0 saturated heterocycles. The molecule has 2 rings (SSSR count). The summed E-state index contributed by atoms with van der Waals surface area (Å²) in [5.74, 6) is 0.860. The van der Waals surface area contributed by atoms with Gasteiger partial charge in [0.15, 0.2) is 0 Å². The Labute approximate surface area is 90.1 Å². The van der Waals surface area contributed by atoms with E-state index < -0.39 is 0 Å². The predicted octanol–water partition coefficient (Wildman–Crippen LogP) is 1.85. The molecular formula is C11H17N3O. The summed E-state index contributed by atoms with van der Waals surface area (Å²) in [7, 11) is 1.79. The fourth-order valence-electron chi connectivity index (χ4n) is 2.07. The van der Waals surface area contributed by atoms with Gasteiger partial charge in [0.25, 0.3) is 0 Å². The van der Waals surface area contributed by atoms with Crippen LogP contribution in [-0.4, -0.2) is 29.2 Å². The first kappa shape index (κ1) is 10.4. The number of nitrogens with zero attached hydrogens (tertiary/aromatic N) is 2. The van der Waals surface area contributed by atoms with Crippen LogP contribution in [0.2, 0.25) is 0 Å². The molecule has 4 nitrogen and oxygen atoms in total. The van der Waals surface area contributed by atoms with Crippen LogP contribution in [0.5, 0.6) is 0 Å². The van der Waals surface area contributed by atoms with E-state index in [-0.39, 0.29) is 0 Å². The summed E-state index contributed by atoms with van der Waals surface area (Å²) in [6, 6.07) is 0.473. The van der Waals surface area contributed by atoms with Crippen LogP contribution >= 0.6 is 0 Å². The molecule has 82 valence electrons. The Morgan fingerprint density at radius 3 is 3.07 bits per heavy atom. The first-order valence-electron chi connectivity index (χ1n) is 5.44. The van der Waals surface area contributed by atoms with Crippen molar-refractivity contribution in [3.63, 3.8) is 0 Å². The molecule has 1 heterocycles. The molecule has 15 heavy (non-hydrogen) atoms. The summed E-state index contributed by atoms with van der Waals surface area (Å²) in [6.45, 7) is 0. The average Bonchev–Trinajstić information content (AvgIpc) is 2.31. The minimum Gasteiger partial charge on any atom is -0.381 e. The van der Waals surface area contributed by atoms with Crippen molar-refractivity contribution >= 4 is 5.82 Å². The maximum Gasteiger partial charge on any atom is 0.144 e. The highest BCUT2D eigenvalue weighted by molar-refractivity contribution is 5.31. The van der Waals surface area contributed by atoms with E-state index in [9.17, 15) is 0 Å². The molecule has 1 N–H and O–H groups in total. The van der Waals surface area contributed by atoms with Gasteiger partial charge in [0, 0.05) is 25.5 Å². The van der Waals surface area contributed by atoms with E-state index in [1.165, 1.54) is 19.3 Å². The lowest BCUT2D eigenvalue weighted by Crippen LogP contribution is -2.31. The molecule has 0 bridgehead atoms. The van der Waals surface area contributed by atoms with Gasteiger partial charge in [0.2, 0.25) is 0 Å². The third-order valence-corrected chi connectivity index (χ3v) is 2.87. The zero-order valence-corrected chi connectivity index (χ0v) is 9.02. The summed E-state index contributed by atoms with van der Waals surface area (Å²) < 4.78 is 5.38.